The van der Waals surface area contributed by atoms with E-state index in [0.29, 0.717) is 24.0 Å². The quantitative estimate of drug-likeness (QED) is 0.394. The fourth-order valence-corrected chi connectivity index (χ4v) is 11.4. The van der Waals surface area contributed by atoms with E-state index in [1.165, 1.54) is 11.1 Å². The molecule has 1 saturated heterocycles. The van der Waals surface area contributed by atoms with E-state index in [1.807, 2.05) is 25.1 Å². The number of carbonyl (C=O) groups is 1. The normalized spacial score (nSPS) is 35.7. The van der Waals surface area contributed by atoms with Crippen molar-refractivity contribution in [3.05, 3.63) is 58.1 Å². The van der Waals surface area contributed by atoms with Gasteiger partial charge in [0.2, 0.25) is 0 Å². The molecule has 7 rings (SSSR count). The number of benzene rings is 2. The van der Waals surface area contributed by atoms with Crippen LogP contribution in [0.4, 0.5) is 5.69 Å². The van der Waals surface area contributed by atoms with Gasteiger partial charge in [-0.3, -0.25) is 14.4 Å². The fraction of sp³-hybridized carbons (Fsp3) is 0.641. The predicted octanol–water partition coefficient (Wildman–Crippen LogP) is 5.72. The average molecular weight is 712 g/mol. The standard InChI is InChI=1S/C39H54ClN3O5S/c1-27-6-4-14-38(25-44,23-42-16-18-47-19-17-42)34-11-8-31(34)22-43-24-39(15-5-7-29-20-32(40)10-12-33(29)39)26-48-36-13-9-30(21-35(36)43)37(45)41-49(3,46)28(27)2/h9-10,12-13,20-21,27-28,31,34,44H,3-8,11,14-19,22-26H2,1-2H3,(H,41,45,46)/t27-,28+,31-,34+,38+,39-,49?/m0/s1. The van der Waals surface area contributed by atoms with Crippen LogP contribution >= 0.6 is 11.6 Å². The Hall–Kier alpha value is -2.30. The molecular weight excluding hydrogens is 658 g/mol. The number of hydrogen-bond acceptors (Lipinski definition) is 7. The molecule has 2 bridgehead atoms. The summed E-state index contributed by atoms with van der Waals surface area (Å²) in [5.41, 5.74) is 3.51. The molecule has 1 spiro atoms. The summed E-state index contributed by atoms with van der Waals surface area (Å²) in [4.78, 5) is 18.7. The van der Waals surface area contributed by atoms with Gasteiger partial charge >= 0.3 is 0 Å². The zero-order chi connectivity index (χ0) is 34.4. The summed E-state index contributed by atoms with van der Waals surface area (Å²) in [6.07, 6.45) is 7.96. The molecule has 2 N–H and O–H groups in total. The van der Waals surface area contributed by atoms with E-state index in [2.05, 4.69) is 39.4 Å². The SMILES string of the molecule is C=S1(=O)NC(=O)c2ccc3c(c2)N(C[C@@H]2CC[C@H]2[C@@](CO)(CN2CCOCC2)CCC[C@H](C)[C@H]1C)C[C@@]1(CCCc2cc(Cl)ccc21)CO3. The Morgan fingerprint density at radius 2 is 1.90 bits per heavy atom. The molecule has 1 amide bonds. The number of anilines is 1. The second kappa shape index (κ2) is 14.0. The lowest BCUT2D eigenvalue weighted by Crippen LogP contribution is -2.55. The van der Waals surface area contributed by atoms with E-state index in [0.717, 1.165) is 114 Å². The Kier molecular flexibility index (Phi) is 10.0. The molecular formula is C39H54ClN3O5S. The Morgan fingerprint density at radius 1 is 1.08 bits per heavy atom. The first-order valence-electron chi connectivity index (χ1n) is 18.4. The van der Waals surface area contributed by atoms with Crippen molar-refractivity contribution in [2.75, 3.05) is 64.1 Å². The molecule has 268 valence electrons. The molecule has 5 aliphatic rings. The van der Waals surface area contributed by atoms with Crippen LogP contribution in [0.2, 0.25) is 5.02 Å². The van der Waals surface area contributed by atoms with Gasteiger partial charge in [0.25, 0.3) is 5.91 Å². The van der Waals surface area contributed by atoms with Crippen LogP contribution in [0.3, 0.4) is 0 Å². The Bertz CT molecular complexity index is 1650. The van der Waals surface area contributed by atoms with Crippen molar-refractivity contribution in [1.82, 2.24) is 9.62 Å². The molecule has 2 fully saturated rings. The van der Waals surface area contributed by atoms with Crippen LogP contribution in [-0.2, 0) is 26.3 Å². The first-order chi connectivity index (χ1) is 23.5. The minimum absolute atomic E-state index is 0.0931. The summed E-state index contributed by atoms with van der Waals surface area (Å²) in [5, 5.41) is 11.8. The number of aliphatic hydroxyl groups excluding tert-OH is 1. The van der Waals surface area contributed by atoms with Gasteiger partial charge in [0.05, 0.1) is 41.8 Å². The lowest BCUT2D eigenvalue weighted by Gasteiger charge is -2.53. The number of morpholine rings is 1. The minimum Gasteiger partial charge on any atom is -0.490 e. The highest BCUT2D eigenvalue weighted by Gasteiger charge is 2.50. The Balaban J connectivity index is 1.30. The third kappa shape index (κ3) is 6.87. The van der Waals surface area contributed by atoms with Crippen molar-refractivity contribution < 1.29 is 23.6 Å². The van der Waals surface area contributed by atoms with Crippen molar-refractivity contribution >= 4 is 38.8 Å². The summed E-state index contributed by atoms with van der Waals surface area (Å²) >= 11 is 6.49. The molecule has 10 heteroatoms. The third-order valence-electron chi connectivity index (χ3n) is 12.9. The van der Waals surface area contributed by atoms with Crippen LogP contribution in [0.25, 0.3) is 0 Å². The van der Waals surface area contributed by atoms with Gasteiger partial charge in [0.1, 0.15) is 5.75 Å². The van der Waals surface area contributed by atoms with Gasteiger partial charge in [-0.1, -0.05) is 31.0 Å². The molecule has 2 aromatic carbocycles. The number of aliphatic hydroxyl groups is 1. The third-order valence-corrected chi connectivity index (χ3v) is 15.3. The van der Waals surface area contributed by atoms with Crippen molar-refractivity contribution in [2.45, 2.75) is 75.9 Å². The van der Waals surface area contributed by atoms with E-state index in [1.54, 1.807) is 6.07 Å². The van der Waals surface area contributed by atoms with Crippen LogP contribution in [0.15, 0.2) is 36.4 Å². The van der Waals surface area contributed by atoms with Gasteiger partial charge in [-0.2, -0.15) is 0 Å². The summed E-state index contributed by atoms with van der Waals surface area (Å²) in [7, 11) is -2.93. The van der Waals surface area contributed by atoms with Gasteiger partial charge in [-0.25, -0.2) is 4.21 Å². The fourth-order valence-electron chi connectivity index (χ4n) is 9.66. The number of rotatable bonds is 3. The first kappa shape index (κ1) is 35.1. The number of aryl methyl sites for hydroxylation is 1. The zero-order valence-electron chi connectivity index (χ0n) is 29.3. The van der Waals surface area contributed by atoms with Crippen molar-refractivity contribution in [2.24, 2.45) is 23.2 Å². The molecule has 3 aliphatic heterocycles. The smallest absolute Gasteiger partial charge is 0.262 e. The van der Waals surface area contributed by atoms with Gasteiger partial charge in [0.15, 0.2) is 0 Å². The highest BCUT2D eigenvalue weighted by atomic mass is 35.5. The molecule has 7 atom stereocenters. The maximum absolute atomic E-state index is 14.0. The molecule has 1 saturated carbocycles. The molecule has 3 heterocycles. The topological polar surface area (TPSA) is 91.3 Å². The van der Waals surface area contributed by atoms with E-state index in [4.69, 9.17) is 21.1 Å². The van der Waals surface area contributed by atoms with Crippen molar-refractivity contribution in [3.8, 4) is 5.75 Å². The van der Waals surface area contributed by atoms with E-state index in [-0.39, 0.29) is 34.5 Å². The summed E-state index contributed by atoms with van der Waals surface area (Å²) in [6.45, 7) is 10.4. The minimum atomic E-state index is -2.93. The van der Waals surface area contributed by atoms with Crippen LogP contribution in [0.5, 0.6) is 5.75 Å². The average Bonchev–Trinajstić information content (AvgIpc) is 3.22. The number of halogens is 1. The molecule has 2 aliphatic carbocycles. The highest BCUT2D eigenvalue weighted by molar-refractivity contribution is 7.99. The van der Waals surface area contributed by atoms with E-state index < -0.39 is 9.71 Å². The van der Waals surface area contributed by atoms with Gasteiger partial charge in [-0.05, 0) is 117 Å². The number of fused-ring (bicyclic) bond motifs is 4. The number of hydrogen-bond donors (Lipinski definition) is 2. The Labute approximate surface area is 298 Å². The number of ether oxygens (including phenoxy) is 2. The second-order valence-corrected chi connectivity index (χ2v) is 18.7. The first-order valence-corrected chi connectivity index (χ1v) is 20.6. The van der Waals surface area contributed by atoms with Crippen LogP contribution in [0.1, 0.15) is 80.3 Å². The van der Waals surface area contributed by atoms with E-state index in [9.17, 15) is 14.1 Å². The lowest BCUT2D eigenvalue weighted by atomic mass is 9.57. The second-order valence-electron chi connectivity index (χ2n) is 15.9. The highest BCUT2D eigenvalue weighted by Crippen LogP contribution is 2.52. The maximum Gasteiger partial charge on any atom is 0.262 e. The van der Waals surface area contributed by atoms with Gasteiger partial charge in [-0.15, -0.1) is 0 Å². The van der Waals surface area contributed by atoms with Gasteiger partial charge < -0.3 is 19.5 Å². The van der Waals surface area contributed by atoms with E-state index >= 15 is 0 Å². The zero-order valence-corrected chi connectivity index (χ0v) is 30.8. The number of nitrogens with zero attached hydrogens (tertiary/aromatic N) is 2. The maximum atomic E-state index is 14.0. The largest absolute Gasteiger partial charge is 0.490 e. The predicted molar refractivity (Wildman–Crippen MR) is 198 cm³/mol. The van der Waals surface area contributed by atoms with Crippen molar-refractivity contribution in [1.29, 1.82) is 0 Å². The molecule has 49 heavy (non-hydrogen) atoms. The summed E-state index contributed by atoms with van der Waals surface area (Å²) in [5.74, 6) is 5.32. The summed E-state index contributed by atoms with van der Waals surface area (Å²) < 4.78 is 29.2. The number of carbonyl (C=O) groups excluding carboxylic acids is 1. The lowest BCUT2D eigenvalue weighted by molar-refractivity contribution is -0.0697. The van der Waals surface area contributed by atoms with Crippen LogP contribution in [-0.4, -0.2) is 90.4 Å². The summed E-state index contributed by atoms with van der Waals surface area (Å²) in [6, 6.07) is 12.0. The number of nitrogens with one attached hydrogen (secondary N) is 1. The molecule has 2 aromatic rings. The van der Waals surface area contributed by atoms with Crippen molar-refractivity contribution in [3.63, 3.8) is 0 Å². The van der Waals surface area contributed by atoms with Gasteiger partial charge in [0, 0.05) is 59.4 Å². The molecule has 8 nitrogen and oxygen atoms in total. The van der Waals surface area contributed by atoms with Crippen LogP contribution in [0, 0.1) is 23.2 Å². The Morgan fingerprint density at radius 3 is 2.65 bits per heavy atom. The molecule has 1 unspecified atom stereocenters. The monoisotopic (exact) mass is 711 g/mol. The molecule has 0 aromatic heterocycles. The van der Waals surface area contributed by atoms with Crippen LogP contribution < -0.4 is 14.4 Å². The molecule has 0 radical (unpaired) electrons. The number of amides is 1.